The van der Waals surface area contributed by atoms with Crippen LogP contribution in [0.1, 0.15) is 29.4 Å². The molecule has 0 radical (unpaired) electrons. The van der Waals surface area contributed by atoms with E-state index in [-0.39, 0.29) is 12.5 Å². The smallest absolute Gasteiger partial charge is 0.311 e. The summed E-state index contributed by atoms with van der Waals surface area (Å²) in [6.07, 6.45) is 1.36. The summed E-state index contributed by atoms with van der Waals surface area (Å²) in [4.78, 5) is 25.8. The van der Waals surface area contributed by atoms with Gasteiger partial charge in [-0.05, 0) is 47.1 Å². The highest BCUT2D eigenvalue weighted by molar-refractivity contribution is 9.10. The number of hydrogen-bond donors (Lipinski definition) is 1. The Labute approximate surface area is 118 Å². The Bertz CT molecular complexity index is 487. The van der Waals surface area contributed by atoms with Gasteiger partial charge in [0.1, 0.15) is 4.88 Å². The molecule has 0 spiro atoms. The largest absolute Gasteiger partial charge is 0.481 e. The number of carbonyl (C=O) groups is 2. The first-order valence-corrected chi connectivity index (χ1v) is 7.37. The van der Waals surface area contributed by atoms with Crippen LogP contribution >= 0.6 is 27.3 Å². The van der Waals surface area contributed by atoms with Crippen molar-refractivity contribution in [2.45, 2.75) is 19.8 Å². The second-order valence-electron chi connectivity index (χ2n) is 4.79. The van der Waals surface area contributed by atoms with E-state index < -0.39 is 11.4 Å². The molecule has 1 aromatic heterocycles. The minimum Gasteiger partial charge on any atom is -0.481 e. The quantitative estimate of drug-likeness (QED) is 0.906. The highest BCUT2D eigenvalue weighted by Crippen LogP contribution is 2.32. The van der Waals surface area contributed by atoms with E-state index in [9.17, 15) is 14.7 Å². The normalized spacial score (nSPS) is 24.0. The van der Waals surface area contributed by atoms with Crippen LogP contribution in [0.4, 0.5) is 0 Å². The zero-order valence-electron chi connectivity index (χ0n) is 9.98. The topological polar surface area (TPSA) is 57.6 Å². The number of thiophene rings is 1. The standard InChI is InChI=1S/C12H14BrNO3S/c1-12(11(16)17)4-2-5-14(7-12)10(15)9-8(13)3-6-18-9/h3,6H,2,4-5,7H2,1H3,(H,16,17). The van der Waals surface area contributed by atoms with Gasteiger partial charge in [-0.2, -0.15) is 0 Å². The van der Waals surface area contributed by atoms with Gasteiger partial charge in [0, 0.05) is 17.6 Å². The highest BCUT2D eigenvalue weighted by atomic mass is 79.9. The lowest BCUT2D eigenvalue weighted by Gasteiger charge is -2.37. The predicted molar refractivity (Wildman–Crippen MR) is 72.9 cm³/mol. The van der Waals surface area contributed by atoms with Crippen molar-refractivity contribution >= 4 is 39.1 Å². The van der Waals surface area contributed by atoms with Crippen LogP contribution in [0.25, 0.3) is 0 Å². The van der Waals surface area contributed by atoms with E-state index in [0.717, 1.165) is 10.9 Å². The number of likely N-dealkylation sites (tertiary alicyclic amines) is 1. The molecule has 0 bridgehead atoms. The molecule has 0 aliphatic carbocycles. The summed E-state index contributed by atoms with van der Waals surface area (Å²) in [6, 6.07) is 1.83. The fourth-order valence-corrected chi connectivity index (χ4v) is 3.69. The second-order valence-corrected chi connectivity index (χ2v) is 6.56. The molecule has 2 rings (SSSR count). The van der Waals surface area contributed by atoms with E-state index in [1.165, 1.54) is 11.3 Å². The van der Waals surface area contributed by atoms with Gasteiger partial charge in [0.15, 0.2) is 0 Å². The fourth-order valence-electron chi connectivity index (χ4n) is 2.18. The molecule has 1 aliphatic rings. The van der Waals surface area contributed by atoms with Crippen molar-refractivity contribution in [3.8, 4) is 0 Å². The van der Waals surface area contributed by atoms with Crippen LogP contribution in [0.5, 0.6) is 0 Å². The SMILES string of the molecule is CC1(C(=O)O)CCCN(C(=O)c2sccc2Br)C1. The monoisotopic (exact) mass is 331 g/mol. The number of hydrogen-bond acceptors (Lipinski definition) is 3. The van der Waals surface area contributed by atoms with Gasteiger partial charge in [-0.1, -0.05) is 0 Å². The van der Waals surface area contributed by atoms with Crippen LogP contribution in [0.15, 0.2) is 15.9 Å². The highest BCUT2D eigenvalue weighted by Gasteiger charge is 2.39. The minimum absolute atomic E-state index is 0.0796. The number of amides is 1. The van der Waals surface area contributed by atoms with Crippen LogP contribution in [0, 0.1) is 5.41 Å². The molecule has 0 saturated carbocycles. The zero-order valence-corrected chi connectivity index (χ0v) is 12.4. The van der Waals surface area contributed by atoms with Gasteiger partial charge in [-0.15, -0.1) is 11.3 Å². The van der Waals surface area contributed by atoms with Crippen molar-refractivity contribution in [2.24, 2.45) is 5.41 Å². The van der Waals surface area contributed by atoms with Crippen molar-refractivity contribution in [3.05, 3.63) is 20.8 Å². The van der Waals surface area contributed by atoms with E-state index in [4.69, 9.17) is 0 Å². The predicted octanol–water partition coefficient (Wildman–Crippen LogP) is 2.84. The molecular formula is C12H14BrNO3S. The number of aliphatic carboxylic acids is 1. The molecular weight excluding hydrogens is 318 g/mol. The average molecular weight is 332 g/mol. The molecule has 1 N–H and O–H groups in total. The number of nitrogens with zero attached hydrogens (tertiary/aromatic N) is 1. The third-order valence-electron chi connectivity index (χ3n) is 3.31. The van der Waals surface area contributed by atoms with Crippen molar-refractivity contribution in [3.63, 3.8) is 0 Å². The van der Waals surface area contributed by atoms with Crippen LogP contribution < -0.4 is 0 Å². The summed E-state index contributed by atoms with van der Waals surface area (Å²) in [5.74, 6) is -0.908. The molecule has 1 saturated heterocycles. The van der Waals surface area contributed by atoms with Crippen molar-refractivity contribution in [1.82, 2.24) is 4.90 Å². The molecule has 4 nitrogen and oxygen atoms in total. The average Bonchev–Trinajstić information content (AvgIpc) is 2.74. The van der Waals surface area contributed by atoms with E-state index in [1.54, 1.807) is 11.8 Å². The molecule has 1 amide bonds. The Morgan fingerprint density at radius 3 is 2.83 bits per heavy atom. The fraction of sp³-hybridized carbons (Fsp3) is 0.500. The van der Waals surface area contributed by atoms with E-state index in [1.807, 2.05) is 11.4 Å². The van der Waals surface area contributed by atoms with E-state index >= 15 is 0 Å². The number of piperidine rings is 1. The summed E-state index contributed by atoms with van der Waals surface area (Å²) < 4.78 is 0.778. The first-order valence-electron chi connectivity index (χ1n) is 5.70. The van der Waals surface area contributed by atoms with Gasteiger partial charge in [-0.3, -0.25) is 9.59 Å². The molecule has 1 unspecified atom stereocenters. The Morgan fingerprint density at radius 1 is 1.56 bits per heavy atom. The molecule has 2 heterocycles. The maximum Gasteiger partial charge on any atom is 0.311 e. The Kier molecular flexibility index (Phi) is 3.77. The second kappa shape index (κ2) is 5.01. The molecule has 1 aliphatic heterocycles. The summed E-state index contributed by atoms with van der Waals surface area (Å²) in [6.45, 7) is 2.62. The number of carbonyl (C=O) groups excluding carboxylic acids is 1. The first kappa shape index (κ1) is 13.5. The zero-order chi connectivity index (χ0) is 13.3. The Balaban J connectivity index is 2.17. The summed E-state index contributed by atoms with van der Waals surface area (Å²) >= 11 is 4.71. The van der Waals surface area contributed by atoms with Gasteiger partial charge in [-0.25, -0.2) is 0 Å². The van der Waals surface area contributed by atoms with Gasteiger partial charge in [0.2, 0.25) is 0 Å². The van der Waals surface area contributed by atoms with Crippen LogP contribution in [-0.2, 0) is 4.79 Å². The first-order chi connectivity index (χ1) is 8.44. The summed E-state index contributed by atoms with van der Waals surface area (Å²) in [5, 5.41) is 11.1. The lowest BCUT2D eigenvalue weighted by molar-refractivity contribution is -0.150. The molecule has 0 aromatic carbocycles. The molecule has 1 atom stereocenters. The van der Waals surface area contributed by atoms with E-state index in [2.05, 4.69) is 15.9 Å². The molecule has 6 heteroatoms. The molecule has 18 heavy (non-hydrogen) atoms. The molecule has 1 aromatic rings. The number of rotatable bonds is 2. The number of carboxylic acid groups (broad SMARTS) is 1. The van der Waals surface area contributed by atoms with Gasteiger partial charge in [0.25, 0.3) is 5.91 Å². The number of carboxylic acids is 1. The third kappa shape index (κ3) is 2.44. The van der Waals surface area contributed by atoms with Crippen LogP contribution in [0.2, 0.25) is 0 Å². The number of halogens is 1. The minimum atomic E-state index is -0.828. The van der Waals surface area contributed by atoms with E-state index in [0.29, 0.717) is 17.8 Å². The maximum atomic E-state index is 12.3. The van der Waals surface area contributed by atoms with Gasteiger partial charge >= 0.3 is 5.97 Å². The van der Waals surface area contributed by atoms with Crippen molar-refractivity contribution in [1.29, 1.82) is 0 Å². The van der Waals surface area contributed by atoms with Gasteiger partial charge in [0.05, 0.1) is 5.41 Å². The third-order valence-corrected chi connectivity index (χ3v) is 5.14. The molecule has 1 fully saturated rings. The molecule has 98 valence electrons. The Morgan fingerprint density at radius 2 is 2.28 bits per heavy atom. The van der Waals surface area contributed by atoms with Crippen LogP contribution in [0.3, 0.4) is 0 Å². The van der Waals surface area contributed by atoms with Crippen molar-refractivity contribution < 1.29 is 14.7 Å². The van der Waals surface area contributed by atoms with Gasteiger partial charge < -0.3 is 10.0 Å². The summed E-state index contributed by atoms with van der Waals surface area (Å²) in [5.41, 5.74) is -0.822. The van der Waals surface area contributed by atoms with Crippen LogP contribution in [-0.4, -0.2) is 35.0 Å². The summed E-state index contributed by atoms with van der Waals surface area (Å²) in [7, 11) is 0. The maximum absolute atomic E-state index is 12.3. The Hall–Kier alpha value is -0.880. The lowest BCUT2D eigenvalue weighted by atomic mass is 9.82. The van der Waals surface area contributed by atoms with Crippen molar-refractivity contribution in [2.75, 3.05) is 13.1 Å². The lowest BCUT2D eigenvalue weighted by Crippen LogP contribution is -2.48.